The molecule has 0 radical (unpaired) electrons. The zero-order chi connectivity index (χ0) is 11.0. The Morgan fingerprint density at radius 3 is 2.14 bits per heavy atom. The number of hydrogen-bond donors (Lipinski definition) is 1. The number of hydrogen-bond acceptors (Lipinski definition) is 1. The van der Waals surface area contributed by atoms with Gasteiger partial charge in [-0.1, -0.05) is 0 Å². The SMILES string of the molecule is O=c1cc(C(F)(F)C(F)(F)F)cc[nH]1. The normalized spacial score (nSPS) is 12.9. The Morgan fingerprint density at radius 2 is 1.71 bits per heavy atom. The molecule has 2 nitrogen and oxygen atoms in total. The number of halogens is 5. The molecule has 0 saturated carbocycles. The van der Waals surface area contributed by atoms with Crippen LogP contribution in [0.1, 0.15) is 5.56 Å². The summed E-state index contributed by atoms with van der Waals surface area (Å²) in [7, 11) is 0. The number of rotatable bonds is 1. The van der Waals surface area contributed by atoms with Crippen LogP contribution in [0.3, 0.4) is 0 Å². The number of aromatic nitrogens is 1. The molecule has 0 fully saturated rings. The van der Waals surface area contributed by atoms with Gasteiger partial charge in [0.25, 0.3) is 0 Å². The minimum Gasteiger partial charge on any atom is -0.329 e. The van der Waals surface area contributed by atoms with Gasteiger partial charge in [0.2, 0.25) is 5.56 Å². The highest BCUT2D eigenvalue weighted by atomic mass is 19.4. The van der Waals surface area contributed by atoms with Gasteiger partial charge in [0.15, 0.2) is 0 Å². The van der Waals surface area contributed by atoms with Crippen LogP contribution in [0.2, 0.25) is 0 Å². The first kappa shape index (κ1) is 10.7. The topological polar surface area (TPSA) is 32.9 Å². The molecule has 1 heterocycles. The van der Waals surface area contributed by atoms with E-state index >= 15 is 0 Å². The highest BCUT2D eigenvalue weighted by Crippen LogP contribution is 2.43. The zero-order valence-electron chi connectivity index (χ0n) is 6.53. The fraction of sp³-hybridized carbons (Fsp3) is 0.286. The van der Waals surface area contributed by atoms with Gasteiger partial charge in [-0.2, -0.15) is 22.0 Å². The molecule has 78 valence electrons. The van der Waals surface area contributed by atoms with Crippen LogP contribution in [-0.4, -0.2) is 11.2 Å². The third-order valence-electron chi connectivity index (χ3n) is 1.49. The Labute approximate surface area is 74.4 Å². The summed E-state index contributed by atoms with van der Waals surface area (Å²) in [6.07, 6.45) is -4.96. The van der Waals surface area contributed by atoms with E-state index in [4.69, 9.17) is 0 Å². The molecular weight excluding hydrogens is 209 g/mol. The van der Waals surface area contributed by atoms with E-state index in [1.165, 1.54) is 0 Å². The lowest BCUT2D eigenvalue weighted by molar-refractivity contribution is -0.289. The highest BCUT2D eigenvalue weighted by molar-refractivity contribution is 5.18. The number of pyridine rings is 1. The lowest BCUT2D eigenvalue weighted by atomic mass is 10.1. The van der Waals surface area contributed by atoms with E-state index in [9.17, 15) is 26.7 Å². The van der Waals surface area contributed by atoms with Crippen molar-refractivity contribution in [2.24, 2.45) is 0 Å². The lowest BCUT2D eigenvalue weighted by Gasteiger charge is -2.19. The Kier molecular flexibility index (Phi) is 2.34. The van der Waals surface area contributed by atoms with Gasteiger partial charge in [-0.15, -0.1) is 0 Å². The number of aromatic amines is 1. The van der Waals surface area contributed by atoms with Gasteiger partial charge in [0.1, 0.15) is 0 Å². The molecule has 0 atom stereocenters. The predicted octanol–water partition coefficient (Wildman–Crippen LogP) is 2.03. The first-order valence-electron chi connectivity index (χ1n) is 3.39. The molecule has 14 heavy (non-hydrogen) atoms. The number of nitrogens with one attached hydrogen (secondary N) is 1. The van der Waals surface area contributed by atoms with E-state index in [1.807, 2.05) is 4.98 Å². The highest BCUT2D eigenvalue weighted by Gasteiger charge is 2.58. The van der Waals surface area contributed by atoms with Gasteiger partial charge < -0.3 is 4.98 Å². The van der Waals surface area contributed by atoms with Crippen molar-refractivity contribution in [1.82, 2.24) is 4.98 Å². The van der Waals surface area contributed by atoms with Crippen molar-refractivity contribution in [3.63, 3.8) is 0 Å². The molecule has 0 saturated heterocycles. The summed E-state index contributed by atoms with van der Waals surface area (Å²) in [6.45, 7) is 0. The Bertz CT molecular complexity index is 380. The molecule has 0 aliphatic heterocycles. The molecule has 1 N–H and O–H groups in total. The van der Waals surface area contributed by atoms with Crippen molar-refractivity contribution < 1.29 is 22.0 Å². The minimum atomic E-state index is -5.69. The van der Waals surface area contributed by atoms with Gasteiger partial charge >= 0.3 is 12.1 Å². The maximum absolute atomic E-state index is 12.6. The molecule has 0 aliphatic carbocycles. The van der Waals surface area contributed by atoms with Crippen LogP contribution in [0.5, 0.6) is 0 Å². The van der Waals surface area contributed by atoms with Gasteiger partial charge in [0, 0.05) is 17.8 Å². The molecule has 1 aromatic heterocycles. The van der Waals surface area contributed by atoms with Crippen LogP contribution in [0.25, 0.3) is 0 Å². The third kappa shape index (κ3) is 1.75. The minimum absolute atomic E-state index is 0.216. The second-order valence-corrected chi connectivity index (χ2v) is 2.51. The maximum atomic E-state index is 12.6. The Hall–Kier alpha value is -1.40. The third-order valence-corrected chi connectivity index (χ3v) is 1.49. The van der Waals surface area contributed by atoms with E-state index in [2.05, 4.69) is 0 Å². The number of H-pyrrole nitrogens is 1. The summed E-state index contributed by atoms with van der Waals surface area (Å²) < 4.78 is 60.5. The van der Waals surface area contributed by atoms with Gasteiger partial charge in [-0.05, 0) is 6.07 Å². The lowest BCUT2D eigenvalue weighted by Crippen LogP contribution is -2.34. The molecule has 1 aromatic rings. The standard InChI is InChI=1S/C7H4F5NO/c8-6(9,7(10,11)12)4-1-2-13-5(14)3-4/h1-3H,(H,13,14). The van der Waals surface area contributed by atoms with Crippen LogP contribution in [0.15, 0.2) is 23.1 Å². The fourth-order valence-electron chi connectivity index (χ4n) is 0.804. The predicted molar refractivity (Wildman–Crippen MR) is 37.0 cm³/mol. The van der Waals surface area contributed by atoms with E-state index in [-0.39, 0.29) is 6.07 Å². The summed E-state index contributed by atoms with van der Waals surface area (Å²) in [5.74, 6) is -5.00. The Morgan fingerprint density at radius 1 is 1.14 bits per heavy atom. The molecule has 7 heteroatoms. The van der Waals surface area contributed by atoms with E-state index in [0.29, 0.717) is 6.07 Å². The summed E-state index contributed by atoms with van der Waals surface area (Å²) in [6, 6.07) is 0.725. The van der Waals surface area contributed by atoms with Crippen molar-refractivity contribution in [2.75, 3.05) is 0 Å². The zero-order valence-corrected chi connectivity index (χ0v) is 6.53. The Balaban J connectivity index is 3.23. The molecule has 0 aliphatic rings. The smallest absolute Gasteiger partial charge is 0.329 e. The van der Waals surface area contributed by atoms with Crippen LogP contribution in [0, 0.1) is 0 Å². The second-order valence-electron chi connectivity index (χ2n) is 2.51. The van der Waals surface area contributed by atoms with E-state index in [1.54, 1.807) is 0 Å². The fourth-order valence-corrected chi connectivity index (χ4v) is 0.804. The first-order valence-corrected chi connectivity index (χ1v) is 3.39. The van der Waals surface area contributed by atoms with E-state index in [0.717, 1.165) is 6.20 Å². The number of alkyl halides is 5. The molecule has 0 bridgehead atoms. The quantitative estimate of drug-likeness (QED) is 0.711. The summed E-state index contributed by atoms with van der Waals surface area (Å²) in [5.41, 5.74) is -2.37. The maximum Gasteiger partial charge on any atom is 0.458 e. The van der Waals surface area contributed by atoms with Gasteiger partial charge in [0.05, 0.1) is 0 Å². The molecular formula is C7H4F5NO. The van der Waals surface area contributed by atoms with Crippen molar-refractivity contribution in [2.45, 2.75) is 12.1 Å². The summed E-state index contributed by atoms with van der Waals surface area (Å²) in [4.78, 5) is 12.4. The molecule has 0 amide bonds. The van der Waals surface area contributed by atoms with Crippen LogP contribution < -0.4 is 5.56 Å². The van der Waals surface area contributed by atoms with Crippen molar-refractivity contribution in [3.8, 4) is 0 Å². The molecule has 0 unspecified atom stereocenters. The monoisotopic (exact) mass is 213 g/mol. The van der Waals surface area contributed by atoms with Gasteiger partial charge in [-0.25, -0.2) is 0 Å². The largest absolute Gasteiger partial charge is 0.458 e. The molecule has 1 rings (SSSR count). The van der Waals surface area contributed by atoms with Crippen molar-refractivity contribution in [3.05, 3.63) is 34.2 Å². The second kappa shape index (κ2) is 3.07. The summed E-state index contributed by atoms with van der Waals surface area (Å²) in [5, 5.41) is 0. The van der Waals surface area contributed by atoms with E-state index < -0.39 is 23.2 Å². The summed E-state index contributed by atoms with van der Waals surface area (Å²) >= 11 is 0. The first-order chi connectivity index (χ1) is 6.25. The van der Waals surface area contributed by atoms with Crippen LogP contribution in [0.4, 0.5) is 22.0 Å². The van der Waals surface area contributed by atoms with Crippen molar-refractivity contribution >= 4 is 0 Å². The van der Waals surface area contributed by atoms with Crippen LogP contribution >= 0.6 is 0 Å². The van der Waals surface area contributed by atoms with Crippen LogP contribution in [-0.2, 0) is 5.92 Å². The van der Waals surface area contributed by atoms with Crippen molar-refractivity contribution in [1.29, 1.82) is 0 Å². The average molecular weight is 213 g/mol. The van der Waals surface area contributed by atoms with Gasteiger partial charge in [-0.3, -0.25) is 4.79 Å². The molecule has 0 spiro atoms. The molecule has 0 aromatic carbocycles. The average Bonchev–Trinajstić information content (AvgIpc) is 2.02.